The largest absolute Gasteiger partial charge is 0.480 e. The lowest BCUT2D eigenvalue weighted by atomic mass is 9.78. The fourth-order valence-electron chi connectivity index (χ4n) is 3.00. The first kappa shape index (κ1) is 14.3. The second kappa shape index (κ2) is 5.88. The first-order chi connectivity index (χ1) is 9.10. The van der Waals surface area contributed by atoms with E-state index in [0.29, 0.717) is 39.0 Å². The highest BCUT2D eigenvalue weighted by atomic mass is 16.5. The molecule has 2 fully saturated rings. The van der Waals surface area contributed by atoms with Gasteiger partial charge < -0.3 is 20.5 Å². The Bertz CT molecular complexity index is 353. The zero-order chi connectivity index (χ0) is 13.9. The maximum absolute atomic E-state index is 12.7. The Kier molecular flexibility index (Phi) is 4.42. The lowest BCUT2D eigenvalue weighted by Gasteiger charge is -2.42. The molecular formula is C13H22N2O4. The third kappa shape index (κ3) is 2.74. The summed E-state index contributed by atoms with van der Waals surface area (Å²) in [6, 6.07) is -0.687. The normalized spacial score (nSPS) is 27.0. The van der Waals surface area contributed by atoms with Gasteiger partial charge in [-0.05, 0) is 32.1 Å². The van der Waals surface area contributed by atoms with Crippen LogP contribution in [-0.2, 0) is 14.3 Å². The van der Waals surface area contributed by atoms with E-state index < -0.39 is 17.4 Å². The molecule has 0 spiro atoms. The SMILES string of the molecule is NCC1(C(=O)N2CCCCC2C(=O)O)CCOCC1. The van der Waals surface area contributed by atoms with Crippen LogP contribution in [0.25, 0.3) is 0 Å². The molecule has 0 aliphatic carbocycles. The van der Waals surface area contributed by atoms with Gasteiger partial charge in [0.2, 0.25) is 5.91 Å². The lowest BCUT2D eigenvalue weighted by Crippen LogP contribution is -2.56. The Labute approximate surface area is 112 Å². The van der Waals surface area contributed by atoms with Crippen molar-refractivity contribution >= 4 is 11.9 Å². The number of amides is 1. The van der Waals surface area contributed by atoms with E-state index in [9.17, 15) is 14.7 Å². The Morgan fingerprint density at radius 1 is 1.32 bits per heavy atom. The number of hydrogen-bond donors (Lipinski definition) is 2. The van der Waals surface area contributed by atoms with E-state index in [0.717, 1.165) is 12.8 Å². The molecule has 108 valence electrons. The smallest absolute Gasteiger partial charge is 0.326 e. The summed E-state index contributed by atoms with van der Waals surface area (Å²) in [6.07, 6.45) is 3.45. The van der Waals surface area contributed by atoms with Crippen LogP contribution in [0.2, 0.25) is 0 Å². The van der Waals surface area contributed by atoms with E-state index in [1.165, 1.54) is 4.90 Å². The van der Waals surface area contributed by atoms with Gasteiger partial charge in [-0.2, -0.15) is 0 Å². The van der Waals surface area contributed by atoms with Crippen LogP contribution < -0.4 is 5.73 Å². The van der Waals surface area contributed by atoms with E-state index >= 15 is 0 Å². The van der Waals surface area contributed by atoms with Crippen LogP contribution in [0.15, 0.2) is 0 Å². The highest BCUT2D eigenvalue weighted by Crippen LogP contribution is 2.34. The van der Waals surface area contributed by atoms with Gasteiger partial charge in [-0.15, -0.1) is 0 Å². The van der Waals surface area contributed by atoms with Crippen molar-refractivity contribution in [1.29, 1.82) is 0 Å². The summed E-state index contributed by atoms with van der Waals surface area (Å²) in [4.78, 5) is 25.6. The molecule has 3 N–H and O–H groups in total. The zero-order valence-corrected chi connectivity index (χ0v) is 11.1. The average Bonchev–Trinajstić information content (AvgIpc) is 2.47. The van der Waals surface area contributed by atoms with Gasteiger partial charge in [0.25, 0.3) is 0 Å². The van der Waals surface area contributed by atoms with Crippen LogP contribution in [0.5, 0.6) is 0 Å². The van der Waals surface area contributed by atoms with Crippen LogP contribution >= 0.6 is 0 Å². The molecule has 2 heterocycles. The molecular weight excluding hydrogens is 248 g/mol. The molecule has 0 aromatic carbocycles. The summed E-state index contributed by atoms with van der Waals surface area (Å²) < 4.78 is 5.30. The molecule has 2 aliphatic heterocycles. The third-order valence-electron chi connectivity index (χ3n) is 4.34. The van der Waals surface area contributed by atoms with Crippen molar-refractivity contribution < 1.29 is 19.4 Å². The van der Waals surface area contributed by atoms with Crippen molar-refractivity contribution in [1.82, 2.24) is 4.90 Å². The van der Waals surface area contributed by atoms with Gasteiger partial charge in [0.1, 0.15) is 6.04 Å². The number of nitrogens with zero attached hydrogens (tertiary/aromatic N) is 1. The van der Waals surface area contributed by atoms with Crippen molar-refractivity contribution in [2.45, 2.75) is 38.1 Å². The molecule has 1 unspecified atom stereocenters. The molecule has 6 heteroatoms. The van der Waals surface area contributed by atoms with Gasteiger partial charge in [-0.25, -0.2) is 4.79 Å². The maximum atomic E-state index is 12.7. The summed E-state index contributed by atoms with van der Waals surface area (Å²) in [5.74, 6) is -1.00. The fraction of sp³-hybridized carbons (Fsp3) is 0.846. The van der Waals surface area contributed by atoms with E-state index in [1.54, 1.807) is 0 Å². The van der Waals surface area contributed by atoms with E-state index in [2.05, 4.69) is 0 Å². The highest BCUT2D eigenvalue weighted by Gasteiger charge is 2.45. The minimum absolute atomic E-state index is 0.0922. The van der Waals surface area contributed by atoms with Gasteiger partial charge in [0.15, 0.2) is 0 Å². The summed E-state index contributed by atoms with van der Waals surface area (Å²) in [6.45, 7) is 1.83. The number of carbonyl (C=O) groups excluding carboxylic acids is 1. The molecule has 6 nitrogen and oxygen atoms in total. The predicted octanol–water partition coefficient (Wildman–Crippen LogP) is 0.208. The number of hydrogen-bond acceptors (Lipinski definition) is 4. The number of nitrogens with two attached hydrogens (primary N) is 1. The standard InChI is InChI=1S/C13H22N2O4/c14-9-13(4-7-19-8-5-13)12(18)15-6-2-1-3-10(15)11(16)17/h10H,1-9,14H2,(H,16,17). The number of rotatable bonds is 3. The van der Waals surface area contributed by atoms with Crippen molar-refractivity contribution in [3.05, 3.63) is 0 Å². The molecule has 19 heavy (non-hydrogen) atoms. The third-order valence-corrected chi connectivity index (χ3v) is 4.34. The molecule has 0 aromatic heterocycles. The number of carbonyl (C=O) groups is 2. The minimum Gasteiger partial charge on any atom is -0.480 e. The van der Waals surface area contributed by atoms with E-state index in [1.807, 2.05) is 0 Å². The summed E-state index contributed by atoms with van der Waals surface area (Å²) in [5.41, 5.74) is 5.20. The second-order valence-electron chi connectivity index (χ2n) is 5.45. The van der Waals surface area contributed by atoms with Crippen molar-refractivity contribution in [3.63, 3.8) is 0 Å². The predicted molar refractivity (Wildman–Crippen MR) is 68.5 cm³/mol. The topological polar surface area (TPSA) is 92.9 Å². The molecule has 1 amide bonds. The first-order valence-corrected chi connectivity index (χ1v) is 6.92. The van der Waals surface area contributed by atoms with Crippen molar-refractivity contribution in [3.8, 4) is 0 Å². The summed E-state index contributed by atoms with van der Waals surface area (Å²) in [5, 5.41) is 9.26. The van der Waals surface area contributed by atoms with E-state index in [-0.39, 0.29) is 12.5 Å². The number of ether oxygens (including phenoxy) is 1. The first-order valence-electron chi connectivity index (χ1n) is 6.92. The Morgan fingerprint density at radius 3 is 2.58 bits per heavy atom. The highest BCUT2D eigenvalue weighted by molar-refractivity contribution is 5.88. The molecule has 0 saturated carbocycles. The molecule has 0 aromatic rings. The molecule has 2 saturated heterocycles. The number of aliphatic carboxylic acids is 1. The Balaban J connectivity index is 2.17. The van der Waals surface area contributed by atoms with Gasteiger partial charge in [-0.1, -0.05) is 0 Å². The number of carboxylic acids is 1. The van der Waals surface area contributed by atoms with Gasteiger partial charge in [0, 0.05) is 26.3 Å². The molecule has 2 aliphatic rings. The summed E-state index contributed by atoms with van der Waals surface area (Å²) in [7, 11) is 0. The fourth-order valence-corrected chi connectivity index (χ4v) is 3.00. The van der Waals surface area contributed by atoms with Gasteiger partial charge in [-0.3, -0.25) is 4.79 Å². The quantitative estimate of drug-likeness (QED) is 0.764. The molecule has 0 radical (unpaired) electrons. The summed E-state index contributed by atoms with van der Waals surface area (Å²) >= 11 is 0. The van der Waals surface area contributed by atoms with Gasteiger partial charge >= 0.3 is 5.97 Å². The van der Waals surface area contributed by atoms with E-state index in [4.69, 9.17) is 10.5 Å². The lowest BCUT2D eigenvalue weighted by molar-refractivity contribution is -0.160. The van der Waals surface area contributed by atoms with Crippen LogP contribution in [0.1, 0.15) is 32.1 Å². The van der Waals surface area contributed by atoms with Crippen LogP contribution in [-0.4, -0.2) is 54.2 Å². The Morgan fingerprint density at radius 2 is 2.00 bits per heavy atom. The van der Waals surface area contributed by atoms with Crippen LogP contribution in [0.3, 0.4) is 0 Å². The average molecular weight is 270 g/mol. The van der Waals surface area contributed by atoms with Crippen LogP contribution in [0, 0.1) is 5.41 Å². The minimum atomic E-state index is -0.910. The molecule has 0 bridgehead atoms. The van der Waals surface area contributed by atoms with Crippen molar-refractivity contribution in [2.75, 3.05) is 26.3 Å². The number of piperidine rings is 1. The maximum Gasteiger partial charge on any atom is 0.326 e. The number of likely N-dealkylation sites (tertiary alicyclic amines) is 1. The number of carboxylic acid groups (broad SMARTS) is 1. The Hall–Kier alpha value is -1.14. The zero-order valence-electron chi connectivity index (χ0n) is 11.1. The van der Waals surface area contributed by atoms with Crippen LogP contribution in [0.4, 0.5) is 0 Å². The van der Waals surface area contributed by atoms with Gasteiger partial charge in [0.05, 0.1) is 5.41 Å². The second-order valence-corrected chi connectivity index (χ2v) is 5.45. The molecule has 1 atom stereocenters. The monoisotopic (exact) mass is 270 g/mol. The van der Waals surface area contributed by atoms with Crippen molar-refractivity contribution in [2.24, 2.45) is 11.1 Å². The molecule has 2 rings (SSSR count).